The van der Waals surface area contributed by atoms with Crippen molar-refractivity contribution in [2.75, 3.05) is 11.4 Å². The number of pyridine rings is 1. The summed E-state index contributed by atoms with van der Waals surface area (Å²) < 4.78 is 5.13. The van der Waals surface area contributed by atoms with Crippen LogP contribution in [0.15, 0.2) is 65.5 Å². The molecule has 1 atom stereocenters. The molecule has 2 heterocycles. The predicted molar refractivity (Wildman–Crippen MR) is 136 cm³/mol. The smallest absolute Gasteiger partial charge is 0.287 e. The van der Waals surface area contributed by atoms with E-state index in [4.69, 9.17) is 4.42 Å². The number of aromatic nitrogens is 1. The third-order valence-electron chi connectivity index (χ3n) is 6.36. The number of hydrogen-bond donors (Lipinski definition) is 2. The van der Waals surface area contributed by atoms with E-state index in [2.05, 4.69) is 15.6 Å². The summed E-state index contributed by atoms with van der Waals surface area (Å²) in [5.74, 6) is -1.08. The topological polar surface area (TPSA) is 105 Å². The predicted octanol–water partition coefficient (Wildman–Crippen LogP) is 4.24. The number of hydrogen-bond acceptors (Lipinski definition) is 5. The molecule has 0 saturated heterocycles. The number of rotatable bonds is 8. The van der Waals surface area contributed by atoms with Crippen LogP contribution in [0.1, 0.15) is 65.4 Å². The molecule has 0 unspecified atom stereocenters. The van der Waals surface area contributed by atoms with Crippen LogP contribution < -0.4 is 15.5 Å². The van der Waals surface area contributed by atoms with Crippen LogP contribution in [-0.2, 0) is 9.59 Å². The maximum absolute atomic E-state index is 13.8. The van der Waals surface area contributed by atoms with Gasteiger partial charge in [-0.25, -0.2) is 0 Å². The lowest BCUT2D eigenvalue weighted by molar-refractivity contribution is -0.127. The third kappa shape index (κ3) is 6.19. The normalized spacial score (nSPS) is 14.6. The number of anilines is 1. The van der Waals surface area contributed by atoms with Crippen LogP contribution in [0.2, 0.25) is 0 Å². The standard InChI is InChI=1S/C28H32N4O4/c1-19-14-20(2)16-23(15-19)32(25(33)18-30-27(34)24-11-7-13-36-24)26(21-8-6-12-29-17-21)28(35)31-22-9-4-3-5-10-22/h6-8,11-17,22,26H,3-5,9-10,18H2,1-2H3,(H,30,34)(H,31,35)/t26-/m1/s1. The fraction of sp³-hybridized carbons (Fsp3) is 0.357. The Morgan fingerprint density at radius 3 is 2.44 bits per heavy atom. The van der Waals surface area contributed by atoms with Gasteiger partial charge in [0.2, 0.25) is 11.8 Å². The second-order valence-electron chi connectivity index (χ2n) is 9.30. The summed E-state index contributed by atoms with van der Waals surface area (Å²) >= 11 is 0. The lowest BCUT2D eigenvalue weighted by Gasteiger charge is -2.33. The van der Waals surface area contributed by atoms with E-state index in [0.717, 1.165) is 36.8 Å². The summed E-state index contributed by atoms with van der Waals surface area (Å²) in [5.41, 5.74) is 3.09. The number of benzene rings is 1. The molecule has 1 aromatic carbocycles. The Hall–Kier alpha value is -3.94. The highest BCUT2D eigenvalue weighted by Crippen LogP contribution is 2.30. The lowest BCUT2D eigenvalue weighted by Crippen LogP contribution is -2.49. The zero-order chi connectivity index (χ0) is 25.5. The number of carbonyl (C=O) groups is 3. The molecule has 4 rings (SSSR count). The van der Waals surface area contributed by atoms with Gasteiger partial charge in [-0.15, -0.1) is 0 Å². The van der Waals surface area contributed by atoms with Crippen molar-refractivity contribution < 1.29 is 18.8 Å². The first-order valence-corrected chi connectivity index (χ1v) is 12.3. The van der Waals surface area contributed by atoms with E-state index < -0.39 is 17.9 Å². The molecule has 0 aliphatic heterocycles. The molecule has 0 bridgehead atoms. The summed E-state index contributed by atoms with van der Waals surface area (Å²) in [6, 6.07) is 11.5. The molecule has 2 aromatic heterocycles. The summed E-state index contributed by atoms with van der Waals surface area (Å²) in [6.45, 7) is 3.58. The second-order valence-corrected chi connectivity index (χ2v) is 9.30. The van der Waals surface area contributed by atoms with Gasteiger partial charge >= 0.3 is 0 Å². The zero-order valence-electron chi connectivity index (χ0n) is 20.7. The van der Waals surface area contributed by atoms with Crippen LogP contribution in [0, 0.1) is 13.8 Å². The Labute approximate surface area is 211 Å². The molecule has 0 radical (unpaired) electrons. The minimum atomic E-state index is -0.949. The number of furan rings is 1. The first-order valence-electron chi connectivity index (χ1n) is 12.3. The minimum Gasteiger partial charge on any atom is -0.459 e. The molecular formula is C28H32N4O4. The van der Waals surface area contributed by atoms with E-state index in [9.17, 15) is 14.4 Å². The number of carbonyl (C=O) groups excluding carboxylic acids is 3. The van der Waals surface area contributed by atoms with E-state index in [-0.39, 0.29) is 24.3 Å². The Kier molecular flexibility index (Phi) is 8.15. The highest BCUT2D eigenvalue weighted by atomic mass is 16.3. The summed E-state index contributed by atoms with van der Waals surface area (Å²) in [4.78, 5) is 45.7. The first-order chi connectivity index (χ1) is 17.4. The van der Waals surface area contributed by atoms with Gasteiger partial charge in [0.05, 0.1) is 12.8 Å². The maximum Gasteiger partial charge on any atom is 0.287 e. The number of amides is 3. The van der Waals surface area contributed by atoms with Gasteiger partial charge in [0.1, 0.15) is 6.04 Å². The largest absolute Gasteiger partial charge is 0.459 e. The molecule has 3 aromatic rings. The van der Waals surface area contributed by atoms with Crippen molar-refractivity contribution in [3.8, 4) is 0 Å². The van der Waals surface area contributed by atoms with Gasteiger partial charge in [0, 0.05) is 29.7 Å². The summed E-state index contributed by atoms with van der Waals surface area (Å²) in [7, 11) is 0. The van der Waals surface area contributed by atoms with Gasteiger partial charge in [0.15, 0.2) is 5.76 Å². The van der Waals surface area contributed by atoms with Crippen LogP contribution >= 0.6 is 0 Å². The monoisotopic (exact) mass is 488 g/mol. The van der Waals surface area contributed by atoms with E-state index in [0.29, 0.717) is 11.3 Å². The van der Waals surface area contributed by atoms with Gasteiger partial charge in [-0.05, 0) is 68.1 Å². The van der Waals surface area contributed by atoms with Crippen molar-refractivity contribution in [1.82, 2.24) is 15.6 Å². The Bertz CT molecular complexity index is 1170. The van der Waals surface area contributed by atoms with Crippen LogP contribution in [0.4, 0.5) is 5.69 Å². The van der Waals surface area contributed by atoms with E-state index in [1.54, 1.807) is 30.6 Å². The first kappa shape index (κ1) is 25.2. The minimum absolute atomic E-state index is 0.0697. The van der Waals surface area contributed by atoms with Crippen LogP contribution in [-0.4, -0.2) is 35.3 Å². The number of nitrogens with zero attached hydrogens (tertiary/aromatic N) is 2. The quantitative estimate of drug-likeness (QED) is 0.493. The van der Waals surface area contributed by atoms with Crippen molar-refractivity contribution in [2.24, 2.45) is 0 Å². The molecule has 2 N–H and O–H groups in total. The fourth-order valence-electron chi connectivity index (χ4n) is 4.75. The fourth-order valence-corrected chi connectivity index (χ4v) is 4.75. The molecule has 188 valence electrons. The molecular weight excluding hydrogens is 456 g/mol. The number of aryl methyl sites for hydroxylation is 2. The van der Waals surface area contributed by atoms with Crippen LogP contribution in [0.3, 0.4) is 0 Å². The molecule has 8 heteroatoms. The average Bonchev–Trinajstić information content (AvgIpc) is 3.41. The summed E-state index contributed by atoms with van der Waals surface area (Å²) in [5, 5.41) is 5.80. The maximum atomic E-state index is 13.8. The molecule has 1 aliphatic carbocycles. The van der Waals surface area contributed by atoms with Crippen molar-refractivity contribution in [3.63, 3.8) is 0 Å². The van der Waals surface area contributed by atoms with Crippen molar-refractivity contribution in [2.45, 2.75) is 58.0 Å². The van der Waals surface area contributed by atoms with E-state index in [1.165, 1.54) is 23.7 Å². The van der Waals surface area contributed by atoms with Gasteiger partial charge in [0.25, 0.3) is 5.91 Å². The SMILES string of the molecule is Cc1cc(C)cc(N(C(=O)CNC(=O)c2ccco2)[C@@H](C(=O)NC2CCCCC2)c2cccnc2)c1. The Morgan fingerprint density at radius 1 is 1.06 bits per heavy atom. The van der Waals surface area contributed by atoms with E-state index >= 15 is 0 Å². The van der Waals surface area contributed by atoms with Crippen LogP contribution in [0.25, 0.3) is 0 Å². The van der Waals surface area contributed by atoms with Gasteiger partial charge in [-0.2, -0.15) is 0 Å². The Morgan fingerprint density at radius 2 is 1.81 bits per heavy atom. The highest BCUT2D eigenvalue weighted by Gasteiger charge is 2.34. The van der Waals surface area contributed by atoms with Crippen molar-refractivity contribution in [1.29, 1.82) is 0 Å². The second kappa shape index (κ2) is 11.7. The molecule has 0 spiro atoms. The van der Waals surface area contributed by atoms with Crippen LogP contribution in [0.5, 0.6) is 0 Å². The molecule has 1 fully saturated rings. The lowest BCUT2D eigenvalue weighted by atomic mass is 9.94. The molecule has 1 saturated carbocycles. The van der Waals surface area contributed by atoms with Gasteiger partial charge < -0.3 is 15.1 Å². The molecule has 1 aliphatic rings. The van der Waals surface area contributed by atoms with Crippen molar-refractivity contribution >= 4 is 23.4 Å². The zero-order valence-corrected chi connectivity index (χ0v) is 20.7. The average molecular weight is 489 g/mol. The summed E-state index contributed by atoms with van der Waals surface area (Å²) in [6.07, 6.45) is 9.78. The Balaban J connectivity index is 1.69. The van der Waals surface area contributed by atoms with Gasteiger partial charge in [-0.3, -0.25) is 24.3 Å². The number of nitrogens with one attached hydrogen (secondary N) is 2. The molecule has 8 nitrogen and oxygen atoms in total. The third-order valence-corrected chi connectivity index (χ3v) is 6.36. The van der Waals surface area contributed by atoms with Crippen molar-refractivity contribution in [3.05, 3.63) is 83.6 Å². The van der Waals surface area contributed by atoms with E-state index in [1.807, 2.05) is 32.0 Å². The highest BCUT2D eigenvalue weighted by molar-refractivity contribution is 6.04. The molecule has 3 amide bonds. The van der Waals surface area contributed by atoms with Gasteiger partial charge in [-0.1, -0.05) is 31.4 Å². The molecule has 36 heavy (non-hydrogen) atoms.